The molecule has 20 heavy (non-hydrogen) atoms. The van der Waals surface area contributed by atoms with Crippen molar-refractivity contribution in [3.05, 3.63) is 23.7 Å². The van der Waals surface area contributed by atoms with E-state index in [1.54, 1.807) is 6.07 Å². The van der Waals surface area contributed by atoms with E-state index in [0.29, 0.717) is 18.5 Å². The van der Waals surface area contributed by atoms with Gasteiger partial charge in [0.2, 0.25) is 5.76 Å². The predicted octanol–water partition coefficient (Wildman–Crippen LogP) is 3.37. The Bertz CT molecular complexity index is 439. The number of carbonyl (C=O) groups is 1. The van der Waals surface area contributed by atoms with Crippen molar-refractivity contribution < 1.29 is 13.9 Å². The highest BCUT2D eigenvalue weighted by Gasteiger charge is 2.27. The maximum Gasteiger partial charge on any atom is 0.373 e. The largest absolute Gasteiger partial charge is 0.463 e. The Balaban J connectivity index is 1.90. The van der Waals surface area contributed by atoms with E-state index in [9.17, 15) is 4.79 Å². The molecule has 0 aromatic carbocycles. The van der Waals surface area contributed by atoms with Gasteiger partial charge < -0.3 is 14.5 Å². The molecule has 0 amide bonds. The number of hydrogen-bond donors (Lipinski definition) is 1. The van der Waals surface area contributed by atoms with Crippen molar-refractivity contribution in [3.8, 4) is 0 Å². The molecule has 2 rings (SSSR count). The Morgan fingerprint density at radius 1 is 1.40 bits per heavy atom. The summed E-state index contributed by atoms with van der Waals surface area (Å²) in [5.41, 5.74) is 0. The maximum atomic E-state index is 11.3. The van der Waals surface area contributed by atoms with E-state index in [4.69, 9.17) is 4.42 Å². The number of methoxy groups -OCH3 is 1. The van der Waals surface area contributed by atoms with Crippen molar-refractivity contribution >= 4 is 5.97 Å². The van der Waals surface area contributed by atoms with Crippen molar-refractivity contribution in [2.24, 2.45) is 11.8 Å². The summed E-state index contributed by atoms with van der Waals surface area (Å²) in [7, 11) is 1.36. The predicted molar refractivity (Wildman–Crippen MR) is 77.5 cm³/mol. The van der Waals surface area contributed by atoms with Gasteiger partial charge in [0.25, 0.3) is 0 Å². The van der Waals surface area contributed by atoms with Crippen molar-refractivity contribution in [2.45, 2.75) is 52.1 Å². The van der Waals surface area contributed by atoms with Gasteiger partial charge in [0.1, 0.15) is 5.76 Å². The molecule has 2 unspecified atom stereocenters. The summed E-state index contributed by atoms with van der Waals surface area (Å²) in [4.78, 5) is 11.3. The zero-order chi connectivity index (χ0) is 14.5. The summed E-state index contributed by atoms with van der Waals surface area (Å²) in [6.45, 7) is 5.27. The second-order valence-electron chi connectivity index (χ2n) is 5.94. The normalized spacial score (nSPS) is 23.0. The van der Waals surface area contributed by atoms with E-state index in [2.05, 4.69) is 23.9 Å². The fraction of sp³-hybridized carbons (Fsp3) is 0.688. The third-order valence-electron chi connectivity index (χ3n) is 4.26. The van der Waals surface area contributed by atoms with Gasteiger partial charge in [0, 0.05) is 6.04 Å². The molecule has 1 aliphatic rings. The lowest BCUT2D eigenvalue weighted by molar-refractivity contribution is 0.0562. The first-order valence-corrected chi connectivity index (χ1v) is 7.52. The molecule has 4 heteroatoms. The van der Waals surface area contributed by atoms with Crippen molar-refractivity contribution in [2.75, 3.05) is 7.11 Å². The molecule has 0 bridgehead atoms. The minimum Gasteiger partial charge on any atom is -0.463 e. The summed E-state index contributed by atoms with van der Waals surface area (Å²) in [5.74, 6) is 2.08. The highest BCUT2D eigenvalue weighted by molar-refractivity contribution is 5.86. The highest BCUT2D eigenvalue weighted by atomic mass is 16.5. The van der Waals surface area contributed by atoms with Crippen LogP contribution < -0.4 is 5.32 Å². The van der Waals surface area contributed by atoms with E-state index >= 15 is 0 Å². The highest BCUT2D eigenvalue weighted by Crippen LogP contribution is 2.30. The van der Waals surface area contributed by atoms with Crippen molar-refractivity contribution in [1.82, 2.24) is 5.32 Å². The number of furan rings is 1. The van der Waals surface area contributed by atoms with E-state index in [1.807, 2.05) is 6.07 Å². The lowest BCUT2D eigenvalue weighted by atomic mass is 9.78. The molecule has 4 nitrogen and oxygen atoms in total. The fourth-order valence-electron chi connectivity index (χ4n) is 3.13. The minimum atomic E-state index is -0.422. The molecule has 0 radical (unpaired) electrons. The van der Waals surface area contributed by atoms with Gasteiger partial charge in [0.15, 0.2) is 0 Å². The lowest BCUT2D eigenvalue weighted by Crippen LogP contribution is -2.40. The number of hydrogen-bond acceptors (Lipinski definition) is 4. The lowest BCUT2D eigenvalue weighted by Gasteiger charge is -2.34. The van der Waals surface area contributed by atoms with Crippen LogP contribution >= 0.6 is 0 Å². The smallest absolute Gasteiger partial charge is 0.373 e. The molecule has 0 aliphatic heterocycles. The number of ether oxygens (including phenoxy) is 1. The molecule has 1 saturated carbocycles. The van der Waals surface area contributed by atoms with Crippen LogP contribution in [0.2, 0.25) is 0 Å². The zero-order valence-electron chi connectivity index (χ0n) is 12.6. The fourth-order valence-corrected chi connectivity index (χ4v) is 3.13. The summed E-state index contributed by atoms with van der Waals surface area (Å²) >= 11 is 0. The molecular weight excluding hydrogens is 254 g/mol. The van der Waals surface area contributed by atoms with Crippen LogP contribution in [0.25, 0.3) is 0 Å². The van der Waals surface area contributed by atoms with Crippen LogP contribution in [-0.2, 0) is 11.3 Å². The molecule has 1 heterocycles. The van der Waals surface area contributed by atoms with Crippen molar-refractivity contribution in [1.29, 1.82) is 0 Å². The third kappa shape index (κ3) is 3.63. The molecule has 0 spiro atoms. The van der Waals surface area contributed by atoms with Crippen molar-refractivity contribution in [3.63, 3.8) is 0 Å². The van der Waals surface area contributed by atoms with Crippen LogP contribution in [0.1, 0.15) is 55.8 Å². The first-order chi connectivity index (χ1) is 9.61. The SMILES string of the molecule is COC(=O)c1ccc(CNC2CCCCC2C(C)C)o1. The van der Waals surface area contributed by atoms with Gasteiger partial charge in [-0.2, -0.15) is 0 Å². The van der Waals surface area contributed by atoms with Crippen LogP contribution in [0.5, 0.6) is 0 Å². The van der Waals surface area contributed by atoms with E-state index in [-0.39, 0.29) is 5.76 Å². The Labute approximate surface area is 120 Å². The monoisotopic (exact) mass is 279 g/mol. The number of nitrogens with one attached hydrogen (secondary N) is 1. The molecule has 0 saturated heterocycles. The summed E-state index contributed by atoms with van der Waals surface area (Å²) < 4.78 is 10.1. The van der Waals surface area contributed by atoms with Crippen LogP contribution in [0, 0.1) is 11.8 Å². The Morgan fingerprint density at radius 3 is 2.85 bits per heavy atom. The van der Waals surface area contributed by atoms with E-state index < -0.39 is 5.97 Å². The standard InChI is InChI=1S/C16H25NO3/c1-11(2)13-6-4-5-7-14(13)17-10-12-8-9-15(20-12)16(18)19-3/h8-9,11,13-14,17H,4-7,10H2,1-3H3. The van der Waals surface area contributed by atoms with Gasteiger partial charge >= 0.3 is 5.97 Å². The molecule has 1 fully saturated rings. The topological polar surface area (TPSA) is 51.5 Å². The third-order valence-corrected chi connectivity index (χ3v) is 4.26. The minimum absolute atomic E-state index is 0.272. The van der Waals surface area contributed by atoms with Crippen LogP contribution in [0.15, 0.2) is 16.5 Å². The Kier molecular flexibility index (Phi) is 5.24. The van der Waals surface area contributed by atoms with E-state index in [1.165, 1.54) is 32.8 Å². The average molecular weight is 279 g/mol. The first-order valence-electron chi connectivity index (χ1n) is 7.52. The Morgan fingerprint density at radius 2 is 2.15 bits per heavy atom. The summed E-state index contributed by atoms with van der Waals surface area (Å²) in [6.07, 6.45) is 5.18. The molecule has 1 aromatic rings. The Hall–Kier alpha value is -1.29. The molecule has 1 aliphatic carbocycles. The number of esters is 1. The molecular formula is C16H25NO3. The van der Waals surface area contributed by atoms with Gasteiger partial charge in [0.05, 0.1) is 13.7 Å². The van der Waals surface area contributed by atoms with E-state index in [0.717, 1.165) is 11.7 Å². The second kappa shape index (κ2) is 6.93. The van der Waals surface area contributed by atoms with Gasteiger partial charge in [-0.3, -0.25) is 0 Å². The molecule has 2 atom stereocenters. The van der Waals surface area contributed by atoms with Crippen LogP contribution in [0.3, 0.4) is 0 Å². The summed E-state index contributed by atoms with van der Waals surface area (Å²) in [5, 5.41) is 3.59. The quantitative estimate of drug-likeness (QED) is 0.840. The van der Waals surface area contributed by atoms with Crippen LogP contribution in [-0.4, -0.2) is 19.1 Å². The summed E-state index contributed by atoms with van der Waals surface area (Å²) in [6, 6.07) is 4.06. The first kappa shape index (κ1) is 15.1. The average Bonchev–Trinajstić information content (AvgIpc) is 2.93. The molecule has 1 N–H and O–H groups in total. The number of rotatable bonds is 5. The maximum absolute atomic E-state index is 11.3. The van der Waals surface area contributed by atoms with Gasteiger partial charge in [-0.05, 0) is 36.8 Å². The van der Waals surface area contributed by atoms with Gasteiger partial charge in [-0.15, -0.1) is 0 Å². The number of carbonyl (C=O) groups excluding carboxylic acids is 1. The zero-order valence-corrected chi connectivity index (χ0v) is 12.6. The molecule has 1 aromatic heterocycles. The van der Waals surface area contributed by atoms with Gasteiger partial charge in [-0.1, -0.05) is 26.7 Å². The van der Waals surface area contributed by atoms with Crippen LogP contribution in [0.4, 0.5) is 0 Å². The molecule has 112 valence electrons. The van der Waals surface area contributed by atoms with Gasteiger partial charge in [-0.25, -0.2) is 4.79 Å². The second-order valence-corrected chi connectivity index (χ2v) is 5.94.